The van der Waals surface area contributed by atoms with E-state index in [-0.39, 0.29) is 23.3 Å². The Balaban J connectivity index is 1.78. The van der Waals surface area contributed by atoms with Crippen LogP contribution in [0.4, 0.5) is 5.69 Å². The van der Waals surface area contributed by atoms with Gasteiger partial charge in [-0.15, -0.1) is 11.8 Å². The second-order valence-corrected chi connectivity index (χ2v) is 6.88. The fraction of sp³-hybridized carbons (Fsp3) is 0.167. The highest BCUT2D eigenvalue weighted by atomic mass is 32.2. The van der Waals surface area contributed by atoms with E-state index in [1.54, 1.807) is 44.4 Å². The van der Waals surface area contributed by atoms with E-state index in [2.05, 4.69) is 15.3 Å². The molecule has 3 N–H and O–H groups in total. The number of hydrogen-bond donors (Lipinski definition) is 3. The lowest BCUT2D eigenvalue weighted by atomic mass is 10.2. The summed E-state index contributed by atoms with van der Waals surface area (Å²) in [5.74, 6) is -0.0388. The van der Waals surface area contributed by atoms with Crippen LogP contribution in [-0.4, -0.2) is 46.5 Å². The summed E-state index contributed by atoms with van der Waals surface area (Å²) in [6.07, 6.45) is 0. The third kappa shape index (κ3) is 3.97. The highest BCUT2D eigenvalue weighted by Gasteiger charge is 2.14. The zero-order chi connectivity index (χ0) is 18.7. The fourth-order valence-corrected chi connectivity index (χ4v) is 3.39. The first kappa shape index (κ1) is 17.8. The first-order valence-corrected chi connectivity index (χ1v) is 8.88. The number of nitrogens with one attached hydrogen (secondary N) is 3. The number of H-pyrrole nitrogens is 2. The Morgan fingerprint density at radius 2 is 1.81 bits per heavy atom. The third-order valence-electron chi connectivity index (χ3n) is 3.76. The lowest BCUT2D eigenvalue weighted by Gasteiger charge is -2.12. The molecule has 2 aromatic carbocycles. The van der Waals surface area contributed by atoms with E-state index in [1.165, 1.54) is 16.7 Å². The number of aromatic nitrogens is 2. The Morgan fingerprint density at radius 3 is 2.58 bits per heavy atom. The molecule has 0 aliphatic carbocycles. The Bertz CT molecular complexity index is 1020. The molecule has 3 rings (SSSR count). The molecule has 7 nitrogen and oxygen atoms in total. The Kier molecular flexibility index (Phi) is 5.13. The molecular formula is C18H18N4O3S. The minimum absolute atomic E-state index is 0.0212. The SMILES string of the molecule is CN(C)C(=O)CSc1ccccc1C(=O)Nc1ccc2[nH]c(=O)[nH]c2c1. The average molecular weight is 370 g/mol. The minimum atomic E-state index is -0.296. The second kappa shape index (κ2) is 7.49. The monoisotopic (exact) mass is 370 g/mol. The van der Waals surface area contributed by atoms with Crippen LogP contribution in [0.1, 0.15) is 10.4 Å². The van der Waals surface area contributed by atoms with Crippen molar-refractivity contribution >= 4 is 40.3 Å². The molecular weight excluding hydrogens is 352 g/mol. The molecule has 0 saturated carbocycles. The van der Waals surface area contributed by atoms with Crippen LogP contribution >= 0.6 is 11.8 Å². The molecule has 134 valence electrons. The molecule has 0 atom stereocenters. The maximum Gasteiger partial charge on any atom is 0.323 e. The molecule has 3 aromatic rings. The van der Waals surface area contributed by atoms with Crippen LogP contribution in [0.15, 0.2) is 52.2 Å². The normalized spacial score (nSPS) is 10.7. The van der Waals surface area contributed by atoms with Gasteiger partial charge in [0.25, 0.3) is 5.91 Å². The van der Waals surface area contributed by atoms with Gasteiger partial charge in [-0.2, -0.15) is 0 Å². The summed E-state index contributed by atoms with van der Waals surface area (Å²) in [4.78, 5) is 43.3. The van der Waals surface area contributed by atoms with Gasteiger partial charge in [0, 0.05) is 24.7 Å². The van der Waals surface area contributed by atoms with Gasteiger partial charge < -0.3 is 20.2 Å². The maximum absolute atomic E-state index is 12.7. The first-order chi connectivity index (χ1) is 12.4. The van der Waals surface area contributed by atoms with Crippen molar-refractivity contribution in [2.75, 3.05) is 25.2 Å². The van der Waals surface area contributed by atoms with Gasteiger partial charge in [-0.25, -0.2) is 4.79 Å². The molecule has 0 bridgehead atoms. The van der Waals surface area contributed by atoms with E-state index in [0.717, 1.165) is 4.90 Å². The average Bonchev–Trinajstić information content (AvgIpc) is 2.99. The summed E-state index contributed by atoms with van der Waals surface area (Å²) < 4.78 is 0. The zero-order valence-corrected chi connectivity index (χ0v) is 15.1. The summed E-state index contributed by atoms with van der Waals surface area (Å²) in [5, 5.41) is 2.83. The van der Waals surface area contributed by atoms with Crippen molar-refractivity contribution in [1.82, 2.24) is 14.9 Å². The highest BCUT2D eigenvalue weighted by molar-refractivity contribution is 8.00. The first-order valence-electron chi connectivity index (χ1n) is 7.89. The third-order valence-corrected chi connectivity index (χ3v) is 4.81. The van der Waals surface area contributed by atoms with Crippen LogP contribution < -0.4 is 11.0 Å². The van der Waals surface area contributed by atoms with Crippen molar-refractivity contribution < 1.29 is 9.59 Å². The van der Waals surface area contributed by atoms with Crippen molar-refractivity contribution in [3.8, 4) is 0 Å². The Hall–Kier alpha value is -3.00. The summed E-state index contributed by atoms with van der Waals surface area (Å²) >= 11 is 1.32. The Labute approximate surface area is 153 Å². The molecule has 1 heterocycles. The molecule has 0 saturated heterocycles. The minimum Gasteiger partial charge on any atom is -0.348 e. The van der Waals surface area contributed by atoms with E-state index in [4.69, 9.17) is 0 Å². The number of anilines is 1. The van der Waals surface area contributed by atoms with Crippen LogP contribution in [0.5, 0.6) is 0 Å². The summed E-state index contributed by atoms with van der Waals surface area (Å²) in [5.41, 5.74) is 2.06. The van der Waals surface area contributed by atoms with Crippen molar-refractivity contribution in [3.05, 3.63) is 58.5 Å². The molecule has 0 unspecified atom stereocenters. The molecule has 0 aliphatic heterocycles. The number of imidazole rings is 1. The number of carbonyl (C=O) groups is 2. The second-order valence-electron chi connectivity index (χ2n) is 5.87. The predicted octanol–water partition coefficient (Wildman–Crippen LogP) is 2.29. The van der Waals surface area contributed by atoms with E-state index in [1.807, 2.05) is 12.1 Å². The smallest absolute Gasteiger partial charge is 0.323 e. The van der Waals surface area contributed by atoms with Gasteiger partial charge in [-0.3, -0.25) is 9.59 Å². The van der Waals surface area contributed by atoms with Crippen molar-refractivity contribution in [2.24, 2.45) is 0 Å². The van der Waals surface area contributed by atoms with Gasteiger partial charge in [-0.05, 0) is 30.3 Å². The largest absolute Gasteiger partial charge is 0.348 e. The van der Waals surface area contributed by atoms with Gasteiger partial charge in [0.1, 0.15) is 0 Å². The quantitative estimate of drug-likeness (QED) is 0.600. The van der Waals surface area contributed by atoms with Crippen molar-refractivity contribution in [1.29, 1.82) is 0 Å². The lowest BCUT2D eigenvalue weighted by molar-refractivity contribution is -0.125. The Morgan fingerprint density at radius 1 is 1.08 bits per heavy atom. The van der Waals surface area contributed by atoms with Gasteiger partial charge in [0.2, 0.25) is 5.91 Å². The highest BCUT2D eigenvalue weighted by Crippen LogP contribution is 2.24. The van der Waals surface area contributed by atoms with E-state index >= 15 is 0 Å². The summed E-state index contributed by atoms with van der Waals surface area (Å²) in [6, 6.07) is 12.3. The maximum atomic E-state index is 12.7. The molecule has 0 aliphatic rings. The number of carbonyl (C=O) groups excluding carboxylic acids is 2. The number of hydrogen-bond acceptors (Lipinski definition) is 4. The van der Waals surface area contributed by atoms with Crippen LogP contribution in [0.2, 0.25) is 0 Å². The molecule has 8 heteroatoms. The van der Waals surface area contributed by atoms with Gasteiger partial charge in [0.15, 0.2) is 0 Å². The number of amides is 2. The van der Waals surface area contributed by atoms with Crippen LogP contribution in [0.25, 0.3) is 11.0 Å². The standard InChI is InChI=1S/C18H18N4O3S/c1-22(2)16(23)10-26-15-6-4-3-5-12(15)17(24)19-11-7-8-13-14(9-11)21-18(25)20-13/h3-9H,10H2,1-2H3,(H,19,24)(H2,20,21,25). The van der Waals surface area contributed by atoms with E-state index in [9.17, 15) is 14.4 Å². The van der Waals surface area contributed by atoms with Crippen molar-refractivity contribution in [3.63, 3.8) is 0 Å². The number of nitrogens with zero attached hydrogens (tertiary/aromatic N) is 1. The summed E-state index contributed by atoms with van der Waals surface area (Å²) in [6.45, 7) is 0. The van der Waals surface area contributed by atoms with E-state index in [0.29, 0.717) is 22.3 Å². The molecule has 0 spiro atoms. The zero-order valence-electron chi connectivity index (χ0n) is 14.3. The molecule has 0 fully saturated rings. The molecule has 2 amide bonds. The van der Waals surface area contributed by atoms with Gasteiger partial charge in [-0.1, -0.05) is 12.1 Å². The predicted molar refractivity (Wildman–Crippen MR) is 103 cm³/mol. The number of fused-ring (bicyclic) bond motifs is 1. The van der Waals surface area contributed by atoms with Gasteiger partial charge in [0.05, 0.1) is 22.3 Å². The molecule has 1 aromatic heterocycles. The number of thioether (sulfide) groups is 1. The van der Waals surface area contributed by atoms with Crippen LogP contribution in [-0.2, 0) is 4.79 Å². The van der Waals surface area contributed by atoms with Crippen molar-refractivity contribution in [2.45, 2.75) is 4.90 Å². The van der Waals surface area contributed by atoms with Crippen LogP contribution in [0.3, 0.4) is 0 Å². The summed E-state index contributed by atoms with van der Waals surface area (Å²) in [7, 11) is 3.39. The number of benzene rings is 2. The number of rotatable bonds is 5. The topological polar surface area (TPSA) is 98.1 Å². The van der Waals surface area contributed by atoms with E-state index < -0.39 is 0 Å². The van der Waals surface area contributed by atoms with Crippen LogP contribution in [0, 0.1) is 0 Å². The molecule has 0 radical (unpaired) electrons. The van der Waals surface area contributed by atoms with Gasteiger partial charge >= 0.3 is 5.69 Å². The lowest BCUT2D eigenvalue weighted by Crippen LogP contribution is -2.23. The molecule has 26 heavy (non-hydrogen) atoms. The number of aromatic amines is 2. The fourth-order valence-electron chi connectivity index (χ4n) is 2.36.